The molecule has 8 heteroatoms. The third-order valence-electron chi connectivity index (χ3n) is 7.16. The van der Waals surface area contributed by atoms with Crippen molar-refractivity contribution in [3.05, 3.63) is 0 Å². The molecule has 2 N–H and O–H groups in total. The van der Waals surface area contributed by atoms with Gasteiger partial charge < -0.3 is 24.7 Å². The molecule has 4 rings (SSSR count). The highest BCUT2D eigenvalue weighted by Crippen LogP contribution is 2.65. The minimum absolute atomic E-state index is 0.0747. The van der Waals surface area contributed by atoms with Crippen molar-refractivity contribution in [2.24, 2.45) is 23.2 Å². The van der Waals surface area contributed by atoms with Crippen LogP contribution in [0.5, 0.6) is 0 Å². The van der Waals surface area contributed by atoms with Crippen molar-refractivity contribution in [3.63, 3.8) is 0 Å². The monoisotopic (exact) mass is 422 g/mol. The lowest BCUT2D eigenvalue weighted by atomic mass is 9.43. The van der Waals surface area contributed by atoms with Crippen LogP contribution in [0, 0.1) is 23.2 Å². The molecule has 4 aliphatic rings. The first kappa shape index (κ1) is 23.4. The molecule has 30 heavy (non-hydrogen) atoms. The number of alkyl carbamates (subject to hydrolysis) is 1. The predicted molar refractivity (Wildman–Crippen MR) is 116 cm³/mol. The fourth-order valence-corrected chi connectivity index (χ4v) is 5.54. The van der Waals surface area contributed by atoms with Crippen molar-refractivity contribution in [2.45, 2.75) is 97.9 Å². The van der Waals surface area contributed by atoms with Crippen molar-refractivity contribution in [3.8, 4) is 0 Å². The molecular formula is C22H39BN2O5. The van der Waals surface area contributed by atoms with Crippen molar-refractivity contribution in [2.75, 3.05) is 6.54 Å². The molecule has 1 unspecified atom stereocenters. The van der Waals surface area contributed by atoms with Crippen LogP contribution in [0.25, 0.3) is 0 Å². The van der Waals surface area contributed by atoms with E-state index < -0.39 is 18.8 Å². The van der Waals surface area contributed by atoms with Crippen LogP contribution in [0.2, 0.25) is 0 Å². The number of ether oxygens (including phenoxy) is 1. The zero-order chi connectivity index (χ0) is 22.5. The molecule has 1 saturated heterocycles. The first-order chi connectivity index (χ1) is 13.7. The van der Waals surface area contributed by atoms with Gasteiger partial charge in [0, 0.05) is 0 Å². The van der Waals surface area contributed by atoms with Crippen LogP contribution in [0.1, 0.15) is 74.7 Å². The summed E-state index contributed by atoms with van der Waals surface area (Å²) >= 11 is 0. The summed E-state index contributed by atoms with van der Waals surface area (Å²) in [6.07, 6.45) is 2.41. The molecule has 3 aliphatic carbocycles. The van der Waals surface area contributed by atoms with Gasteiger partial charge in [0.2, 0.25) is 5.91 Å². The highest BCUT2D eigenvalue weighted by Gasteiger charge is 2.68. The average Bonchev–Trinajstić information content (AvgIpc) is 2.94. The lowest BCUT2D eigenvalue weighted by Crippen LogP contribution is -2.65. The Morgan fingerprint density at radius 1 is 1.20 bits per heavy atom. The minimum Gasteiger partial charge on any atom is -0.444 e. The van der Waals surface area contributed by atoms with E-state index in [1.54, 1.807) is 20.8 Å². The van der Waals surface area contributed by atoms with Crippen LogP contribution >= 0.6 is 0 Å². The van der Waals surface area contributed by atoms with Gasteiger partial charge in [-0.2, -0.15) is 0 Å². The quantitative estimate of drug-likeness (QED) is 0.642. The predicted octanol–water partition coefficient (Wildman–Crippen LogP) is 3.31. The van der Waals surface area contributed by atoms with Crippen LogP contribution in [0.15, 0.2) is 0 Å². The molecule has 0 aromatic rings. The Morgan fingerprint density at radius 3 is 2.43 bits per heavy atom. The van der Waals surface area contributed by atoms with Gasteiger partial charge in [-0.3, -0.25) is 4.79 Å². The van der Waals surface area contributed by atoms with Gasteiger partial charge in [-0.1, -0.05) is 27.7 Å². The number of amides is 2. The molecule has 5 atom stereocenters. The fourth-order valence-electron chi connectivity index (χ4n) is 5.54. The van der Waals surface area contributed by atoms with Gasteiger partial charge in [0.05, 0.1) is 24.2 Å². The SMILES string of the molecule is CC(C)CC(NC(=O)CNC(=O)OC(C)(C)C)B1O[C@@H]2C[C@@H]3C[C@@H](C3(C)C)[C@]2(C)O1. The van der Waals surface area contributed by atoms with Crippen LogP contribution < -0.4 is 10.6 Å². The van der Waals surface area contributed by atoms with E-state index in [1.165, 1.54) is 6.42 Å². The number of hydrogen-bond donors (Lipinski definition) is 2. The lowest BCUT2D eigenvalue weighted by molar-refractivity contribution is -0.199. The van der Waals surface area contributed by atoms with Gasteiger partial charge in [0.15, 0.2) is 0 Å². The molecule has 1 aliphatic heterocycles. The van der Waals surface area contributed by atoms with E-state index >= 15 is 0 Å². The van der Waals surface area contributed by atoms with Gasteiger partial charge >= 0.3 is 13.2 Å². The van der Waals surface area contributed by atoms with E-state index in [0.29, 0.717) is 17.8 Å². The number of hydrogen-bond acceptors (Lipinski definition) is 5. The molecule has 7 nitrogen and oxygen atoms in total. The molecule has 170 valence electrons. The molecule has 0 spiro atoms. The van der Waals surface area contributed by atoms with Gasteiger partial charge in [0.25, 0.3) is 0 Å². The molecule has 3 saturated carbocycles. The Morgan fingerprint density at radius 2 is 1.87 bits per heavy atom. The maximum Gasteiger partial charge on any atom is 0.481 e. The Labute approximate surface area is 181 Å². The summed E-state index contributed by atoms with van der Waals surface area (Å²) in [7, 11) is -0.469. The second-order valence-electron chi connectivity index (χ2n) is 11.5. The van der Waals surface area contributed by atoms with E-state index in [4.69, 9.17) is 14.0 Å². The first-order valence-electron chi connectivity index (χ1n) is 11.3. The number of nitrogens with one attached hydrogen (secondary N) is 2. The van der Waals surface area contributed by atoms with Crippen LogP contribution in [-0.4, -0.2) is 48.9 Å². The van der Waals surface area contributed by atoms with Gasteiger partial charge in [-0.15, -0.1) is 0 Å². The number of rotatable bonds is 6. The van der Waals surface area contributed by atoms with Gasteiger partial charge in [-0.25, -0.2) is 4.79 Å². The Bertz CT molecular complexity index is 677. The molecule has 0 aromatic carbocycles. The largest absolute Gasteiger partial charge is 0.481 e. The molecule has 2 bridgehead atoms. The normalized spacial score (nSPS) is 32.8. The zero-order valence-electron chi connectivity index (χ0n) is 19.8. The smallest absolute Gasteiger partial charge is 0.444 e. The topological polar surface area (TPSA) is 85.9 Å². The van der Waals surface area contributed by atoms with Crippen LogP contribution in [-0.2, 0) is 18.8 Å². The van der Waals surface area contributed by atoms with Crippen molar-refractivity contribution < 1.29 is 23.6 Å². The molecule has 4 fully saturated rings. The second kappa shape index (κ2) is 8.01. The summed E-state index contributed by atoms with van der Waals surface area (Å²) in [4.78, 5) is 24.4. The van der Waals surface area contributed by atoms with Crippen molar-refractivity contribution in [1.29, 1.82) is 0 Å². The zero-order valence-corrected chi connectivity index (χ0v) is 19.8. The third kappa shape index (κ3) is 4.64. The summed E-state index contributed by atoms with van der Waals surface area (Å²) in [5.74, 6) is 0.980. The highest BCUT2D eigenvalue weighted by molar-refractivity contribution is 6.47. The maximum absolute atomic E-state index is 12.5. The van der Waals surface area contributed by atoms with E-state index in [0.717, 1.165) is 12.8 Å². The summed E-state index contributed by atoms with van der Waals surface area (Å²) < 4.78 is 18.1. The maximum atomic E-state index is 12.5. The summed E-state index contributed by atoms with van der Waals surface area (Å²) in [5, 5.41) is 5.54. The summed E-state index contributed by atoms with van der Waals surface area (Å²) in [6, 6.07) is 0. The third-order valence-corrected chi connectivity index (χ3v) is 7.16. The van der Waals surface area contributed by atoms with E-state index in [1.807, 2.05) is 0 Å². The molecule has 2 amide bonds. The first-order valence-corrected chi connectivity index (χ1v) is 11.3. The number of carbonyl (C=O) groups is 2. The van der Waals surface area contributed by atoms with Crippen LogP contribution in [0.3, 0.4) is 0 Å². The average molecular weight is 422 g/mol. The number of carbonyl (C=O) groups excluding carboxylic acids is 2. The summed E-state index contributed by atoms with van der Waals surface area (Å²) in [5.41, 5.74) is -0.637. The second-order valence-corrected chi connectivity index (χ2v) is 11.5. The van der Waals surface area contributed by atoms with E-state index in [9.17, 15) is 9.59 Å². The molecule has 1 heterocycles. The Kier molecular flexibility index (Phi) is 6.24. The minimum atomic E-state index is -0.605. The van der Waals surface area contributed by atoms with E-state index in [-0.39, 0.29) is 35.5 Å². The lowest BCUT2D eigenvalue weighted by Gasteiger charge is -2.64. The Hall–Kier alpha value is -1.28. The highest BCUT2D eigenvalue weighted by atomic mass is 16.7. The van der Waals surface area contributed by atoms with Crippen molar-refractivity contribution in [1.82, 2.24) is 10.6 Å². The van der Waals surface area contributed by atoms with Crippen molar-refractivity contribution >= 4 is 19.1 Å². The van der Waals surface area contributed by atoms with Gasteiger partial charge in [-0.05, 0) is 70.1 Å². The molecule has 0 aromatic heterocycles. The molecular weight excluding hydrogens is 383 g/mol. The molecule has 0 radical (unpaired) electrons. The summed E-state index contributed by atoms with van der Waals surface area (Å²) in [6.45, 7) is 16.3. The van der Waals surface area contributed by atoms with Crippen LogP contribution in [0.4, 0.5) is 4.79 Å². The fraction of sp³-hybridized carbons (Fsp3) is 0.909. The van der Waals surface area contributed by atoms with Gasteiger partial charge in [0.1, 0.15) is 5.60 Å². The van der Waals surface area contributed by atoms with E-state index in [2.05, 4.69) is 45.3 Å². The standard InChI is InChI=1S/C22H39BN2O5/c1-13(2)9-17(25-18(26)12-24-19(27)28-20(3,4)5)23-29-16-11-14-10-15(21(14,6)7)22(16,8)30-23/h13-17H,9-12H2,1-8H3,(H,24,27)(H,25,26)/t14-,15-,16+,17?,22-/m0/s1. The Balaban J connectivity index is 1.60.